The second kappa shape index (κ2) is 7.36. The van der Waals surface area contributed by atoms with Gasteiger partial charge in [-0.25, -0.2) is 0 Å². The lowest BCUT2D eigenvalue weighted by molar-refractivity contribution is -0.137. The molecule has 1 aliphatic heterocycles. The van der Waals surface area contributed by atoms with E-state index in [1.54, 1.807) is 0 Å². The fourth-order valence-corrected chi connectivity index (χ4v) is 2.25. The normalized spacial score (nSPS) is 21.8. The second-order valence-electron chi connectivity index (χ2n) is 5.20. The average molecular weight is 256 g/mol. The lowest BCUT2D eigenvalue weighted by Crippen LogP contribution is -2.40. The molecule has 1 saturated heterocycles. The molecule has 1 aliphatic rings. The Morgan fingerprint density at radius 2 is 2.22 bits per heavy atom. The fraction of sp³-hybridized carbons (Fsp3) is 0.846. The molecule has 5 nitrogen and oxygen atoms in total. The maximum atomic E-state index is 11.7. The third kappa shape index (κ3) is 5.49. The number of rotatable bonds is 7. The number of carboxylic acid groups (broad SMARTS) is 1. The van der Waals surface area contributed by atoms with Gasteiger partial charge in [0, 0.05) is 19.0 Å². The van der Waals surface area contributed by atoms with Crippen LogP contribution in [0.3, 0.4) is 0 Å². The summed E-state index contributed by atoms with van der Waals surface area (Å²) in [4.78, 5) is 24.3. The SMILES string of the molecule is CCC(C)NC(=O)CN1CCC(CCC(=O)O)C1. The number of nitrogens with zero attached hydrogens (tertiary/aromatic N) is 1. The minimum Gasteiger partial charge on any atom is -0.481 e. The monoisotopic (exact) mass is 256 g/mol. The lowest BCUT2D eigenvalue weighted by Gasteiger charge is -2.17. The van der Waals surface area contributed by atoms with E-state index in [4.69, 9.17) is 5.11 Å². The molecule has 2 unspecified atom stereocenters. The maximum Gasteiger partial charge on any atom is 0.303 e. The number of hydrogen-bond donors (Lipinski definition) is 2. The van der Waals surface area contributed by atoms with Crippen molar-refractivity contribution in [1.82, 2.24) is 10.2 Å². The van der Waals surface area contributed by atoms with Crippen LogP contribution in [-0.2, 0) is 9.59 Å². The topological polar surface area (TPSA) is 69.6 Å². The van der Waals surface area contributed by atoms with Crippen LogP contribution in [0.25, 0.3) is 0 Å². The second-order valence-corrected chi connectivity index (χ2v) is 5.20. The van der Waals surface area contributed by atoms with Crippen LogP contribution >= 0.6 is 0 Å². The maximum absolute atomic E-state index is 11.7. The van der Waals surface area contributed by atoms with Gasteiger partial charge in [0.15, 0.2) is 0 Å². The van der Waals surface area contributed by atoms with Crippen LogP contribution in [0, 0.1) is 5.92 Å². The highest BCUT2D eigenvalue weighted by Gasteiger charge is 2.24. The van der Waals surface area contributed by atoms with Crippen LogP contribution in [0.1, 0.15) is 39.5 Å². The van der Waals surface area contributed by atoms with Crippen molar-refractivity contribution in [3.05, 3.63) is 0 Å². The Hall–Kier alpha value is -1.10. The number of aliphatic carboxylic acids is 1. The summed E-state index contributed by atoms with van der Waals surface area (Å²) in [6, 6.07) is 0.225. The molecule has 5 heteroatoms. The Bertz CT molecular complexity index is 294. The molecule has 0 radical (unpaired) electrons. The molecule has 1 amide bonds. The Morgan fingerprint density at radius 3 is 2.83 bits per heavy atom. The van der Waals surface area contributed by atoms with Crippen molar-refractivity contribution >= 4 is 11.9 Å². The predicted octanol–water partition coefficient (Wildman–Crippen LogP) is 1.09. The first-order chi connectivity index (χ1) is 8.51. The first-order valence-corrected chi connectivity index (χ1v) is 6.74. The molecule has 18 heavy (non-hydrogen) atoms. The van der Waals surface area contributed by atoms with Gasteiger partial charge in [0.2, 0.25) is 5.91 Å². The molecular formula is C13H24N2O3. The number of likely N-dealkylation sites (tertiary alicyclic amines) is 1. The van der Waals surface area contributed by atoms with Gasteiger partial charge in [-0.05, 0) is 38.6 Å². The molecule has 2 N–H and O–H groups in total. The van der Waals surface area contributed by atoms with Crippen molar-refractivity contribution in [3.8, 4) is 0 Å². The molecule has 0 bridgehead atoms. The molecule has 1 heterocycles. The predicted molar refractivity (Wildman–Crippen MR) is 69.3 cm³/mol. The van der Waals surface area contributed by atoms with E-state index in [9.17, 15) is 9.59 Å². The summed E-state index contributed by atoms with van der Waals surface area (Å²) in [7, 11) is 0. The van der Waals surface area contributed by atoms with Crippen LogP contribution in [0.5, 0.6) is 0 Å². The van der Waals surface area contributed by atoms with Gasteiger partial charge in [0.25, 0.3) is 0 Å². The smallest absolute Gasteiger partial charge is 0.303 e. The molecule has 0 aromatic carbocycles. The molecule has 0 aromatic rings. The largest absolute Gasteiger partial charge is 0.481 e. The van der Waals surface area contributed by atoms with Crippen LogP contribution in [0.2, 0.25) is 0 Å². The number of carbonyl (C=O) groups excluding carboxylic acids is 1. The van der Waals surface area contributed by atoms with Gasteiger partial charge in [-0.2, -0.15) is 0 Å². The number of nitrogens with one attached hydrogen (secondary N) is 1. The highest BCUT2D eigenvalue weighted by atomic mass is 16.4. The zero-order valence-electron chi connectivity index (χ0n) is 11.3. The number of carbonyl (C=O) groups is 2. The summed E-state index contributed by atoms with van der Waals surface area (Å²) < 4.78 is 0. The van der Waals surface area contributed by atoms with Gasteiger partial charge >= 0.3 is 5.97 Å². The van der Waals surface area contributed by atoms with Gasteiger partial charge < -0.3 is 10.4 Å². The van der Waals surface area contributed by atoms with E-state index < -0.39 is 5.97 Å². The molecule has 104 valence electrons. The minimum absolute atomic E-state index is 0.0724. The van der Waals surface area contributed by atoms with Crippen molar-refractivity contribution < 1.29 is 14.7 Å². The molecule has 0 spiro atoms. The molecule has 1 fully saturated rings. The third-order valence-electron chi connectivity index (χ3n) is 3.52. The molecule has 0 saturated carbocycles. The zero-order chi connectivity index (χ0) is 13.5. The Kier molecular flexibility index (Phi) is 6.12. The Labute approximate surface area is 109 Å². The summed E-state index contributed by atoms with van der Waals surface area (Å²) >= 11 is 0. The van der Waals surface area contributed by atoms with E-state index in [1.807, 2.05) is 13.8 Å². The fourth-order valence-electron chi connectivity index (χ4n) is 2.25. The van der Waals surface area contributed by atoms with Gasteiger partial charge in [0.05, 0.1) is 6.54 Å². The highest BCUT2D eigenvalue weighted by molar-refractivity contribution is 5.78. The number of carboxylic acids is 1. The Morgan fingerprint density at radius 1 is 1.50 bits per heavy atom. The first-order valence-electron chi connectivity index (χ1n) is 6.74. The van der Waals surface area contributed by atoms with E-state index in [0.29, 0.717) is 12.5 Å². The van der Waals surface area contributed by atoms with Gasteiger partial charge in [-0.15, -0.1) is 0 Å². The third-order valence-corrected chi connectivity index (χ3v) is 3.52. The van der Waals surface area contributed by atoms with E-state index in [0.717, 1.165) is 32.4 Å². The van der Waals surface area contributed by atoms with Crippen LogP contribution in [-0.4, -0.2) is 47.6 Å². The minimum atomic E-state index is -0.733. The van der Waals surface area contributed by atoms with Crippen molar-refractivity contribution in [3.63, 3.8) is 0 Å². The van der Waals surface area contributed by atoms with E-state index >= 15 is 0 Å². The molecule has 0 aliphatic carbocycles. The summed E-state index contributed by atoms with van der Waals surface area (Å²) in [5.41, 5.74) is 0. The van der Waals surface area contributed by atoms with Crippen molar-refractivity contribution in [2.45, 2.75) is 45.6 Å². The van der Waals surface area contributed by atoms with E-state index in [2.05, 4.69) is 10.2 Å². The standard InChI is InChI=1S/C13H24N2O3/c1-3-10(2)14-12(16)9-15-7-6-11(8-15)4-5-13(17)18/h10-11H,3-9H2,1-2H3,(H,14,16)(H,17,18). The molecule has 0 aromatic heterocycles. The van der Waals surface area contributed by atoms with E-state index in [1.165, 1.54) is 0 Å². The first kappa shape index (κ1) is 15.0. The molecule has 2 atom stereocenters. The van der Waals surface area contributed by atoms with Crippen LogP contribution < -0.4 is 5.32 Å². The average Bonchev–Trinajstić information content (AvgIpc) is 2.73. The van der Waals surface area contributed by atoms with Gasteiger partial charge in [-0.3, -0.25) is 14.5 Å². The number of hydrogen-bond acceptors (Lipinski definition) is 3. The summed E-state index contributed by atoms with van der Waals surface area (Å²) in [5.74, 6) is -0.233. The molecular weight excluding hydrogens is 232 g/mol. The van der Waals surface area contributed by atoms with Crippen molar-refractivity contribution in [2.24, 2.45) is 5.92 Å². The van der Waals surface area contributed by atoms with Gasteiger partial charge in [-0.1, -0.05) is 6.92 Å². The van der Waals surface area contributed by atoms with Crippen molar-refractivity contribution in [2.75, 3.05) is 19.6 Å². The highest BCUT2D eigenvalue weighted by Crippen LogP contribution is 2.20. The van der Waals surface area contributed by atoms with Crippen LogP contribution in [0.4, 0.5) is 0 Å². The van der Waals surface area contributed by atoms with E-state index in [-0.39, 0.29) is 18.4 Å². The number of amides is 1. The quantitative estimate of drug-likeness (QED) is 0.715. The zero-order valence-corrected chi connectivity index (χ0v) is 11.3. The summed E-state index contributed by atoms with van der Waals surface area (Å²) in [6.45, 7) is 6.23. The van der Waals surface area contributed by atoms with Gasteiger partial charge in [0.1, 0.15) is 0 Å². The molecule has 1 rings (SSSR count). The lowest BCUT2D eigenvalue weighted by atomic mass is 10.0. The van der Waals surface area contributed by atoms with Crippen molar-refractivity contribution in [1.29, 1.82) is 0 Å². The summed E-state index contributed by atoms with van der Waals surface area (Å²) in [6.07, 6.45) is 2.90. The van der Waals surface area contributed by atoms with Crippen LogP contribution in [0.15, 0.2) is 0 Å². The Balaban J connectivity index is 2.21. The summed E-state index contributed by atoms with van der Waals surface area (Å²) in [5, 5.41) is 11.6.